The van der Waals surface area contributed by atoms with Crippen LogP contribution in [0.5, 0.6) is 11.5 Å². The fraction of sp³-hybridized carbons (Fsp3) is 0.188. The number of benzene rings is 2. The van der Waals surface area contributed by atoms with E-state index in [1.54, 1.807) is 0 Å². The lowest BCUT2D eigenvalue weighted by Gasteiger charge is -2.17. The van der Waals surface area contributed by atoms with Gasteiger partial charge in [0, 0.05) is 16.6 Å². The molecule has 0 aromatic heterocycles. The Morgan fingerprint density at radius 3 is 2.67 bits per heavy atom. The van der Waals surface area contributed by atoms with Gasteiger partial charge in [-0.25, -0.2) is 0 Å². The summed E-state index contributed by atoms with van der Waals surface area (Å²) in [6.45, 7) is -0.0145. The highest BCUT2D eigenvalue weighted by Gasteiger charge is 2.15. The SMILES string of the molecule is O=C1CCc2cc(Oc3ccc(CO)c(Br)c3)ccc2N1. The van der Waals surface area contributed by atoms with E-state index in [0.29, 0.717) is 12.2 Å². The van der Waals surface area contributed by atoms with Gasteiger partial charge in [0.2, 0.25) is 5.91 Å². The minimum Gasteiger partial charge on any atom is -0.457 e. The molecular formula is C16H14BrNO3. The first-order valence-corrected chi connectivity index (χ1v) is 7.45. The number of hydrogen-bond acceptors (Lipinski definition) is 3. The maximum atomic E-state index is 11.3. The van der Waals surface area contributed by atoms with Crippen LogP contribution in [-0.2, 0) is 17.8 Å². The zero-order chi connectivity index (χ0) is 14.8. The monoisotopic (exact) mass is 347 g/mol. The molecule has 0 atom stereocenters. The average molecular weight is 348 g/mol. The lowest BCUT2D eigenvalue weighted by atomic mass is 10.0. The summed E-state index contributed by atoms with van der Waals surface area (Å²) >= 11 is 3.40. The number of aryl methyl sites for hydroxylation is 1. The third-order valence-electron chi connectivity index (χ3n) is 3.40. The zero-order valence-corrected chi connectivity index (χ0v) is 12.8. The van der Waals surface area contributed by atoms with Crippen molar-refractivity contribution in [3.63, 3.8) is 0 Å². The van der Waals surface area contributed by atoms with Gasteiger partial charge in [0.25, 0.3) is 0 Å². The molecule has 1 amide bonds. The zero-order valence-electron chi connectivity index (χ0n) is 11.2. The molecule has 0 fully saturated rings. The molecule has 0 radical (unpaired) electrons. The highest BCUT2D eigenvalue weighted by Crippen LogP contribution is 2.31. The first-order valence-electron chi connectivity index (χ1n) is 6.65. The number of carbonyl (C=O) groups is 1. The predicted octanol–water partition coefficient (Wildman–Crippen LogP) is 3.62. The number of nitrogens with one attached hydrogen (secondary N) is 1. The molecule has 0 saturated heterocycles. The van der Waals surface area contributed by atoms with Crippen molar-refractivity contribution >= 4 is 27.5 Å². The second-order valence-corrected chi connectivity index (χ2v) is 5.73. The smallest absolute Gasteiger partial charge is 0.224 e. The molecule has 3 rings (SSSR count). The van der Waals surface area contributed by atoms with Crippen LogP contribution in [0.1, 0.15) is 17.5 Å². The number of ether oxygens (including phenoxy) is 1. The fourth-order valence-corrected chi connectivity index (χ4v) is 2.76. The van der Waals surface area contributed by atoms with Gasteiger partial charge in [-0.3, -0.25) is 4.79 Å². The van der Waals surface area contributed by atoms with Gasteiger partial charge in [-0.15, -0.1) is 0 Å². The van der Waals surface area contributed by atoms with E-state index in [1.807, 2.05) is 36.4 Å². The minimum absolute atomic E-state index is 0.0145. The van der Waals surface area contributed by atoms with E-state index < -0.39 is 0 Å². The molecule has 108 valence electrons. The molecule has 1 aliphatic rings. The molecular weight excluding hydrogens is 334 g/mol. The quantitative estimate of drug-likeness (QED) is 0.891. The molecule has 2 aromatic rings. The standard InChI is InChI=1S/C16H14BrNO3/c17-14-8-13(3-1-11(14)9-19)21-12-4-5-15-10(7-12)2-6-16(20)18-15/h1,3-5,7-8,19H,2,6,9H2,(H,18,20). The van der Waals surface area contributed by atoms with Crippen LogP contribution in [0.15, 0.2) is 40.9 Å². The number of carbonyl (C=O) groups excluding carboxylic acids is 1. The summed E-state index contributed by atoms with van der Waals surface area (Å²) in [5.74, 6) is 1.48. The van der Waals surface area contributed by atoms with Crippen molar-refractivity contribution in [2.24, 2.45) is 0 Å². The number of anilines is 1. The molecule has 4 nitrogen and oxygen atoms in total. The first kappa shape index (κ1) is 14.1. The molecule has 5 heteroatoms. The predicted molar refractivity (Wildman–Crippen MR) is 83.5 cm³/mol. The van der Waals surface area contributed by atoms with Crippen molar-refractivity contribution in [2.75, 3.05) is 5.32 Å². The van der Waals surface area contributed by atoms with Crippen molar-refractivity contribution in [2.45, 2.75) is 19.4 Å². The van der Waals surface area contributed by atoms with Crippen LogP contribution >= 0.6 is 15.9 Å². The Morgan fingerprint density at radius 1 is 1.14 bits per heavy atom. The fourth-order valence-electron chi connectivity index (χ4n) is 2.28. The highest BCUT2D eigenvalue weighted by atomic mass is 79.9. The van der Waals surface area contributed by atoms with Crippen LogP contribution in [0.2, 0.25) is 0 Å². The summed E-state index contributed by atoms with van der Waals surface area (Å²) in [5.41, 5.74) is 2.75. The van der Waals surface area contributed by atoms with Gasteiger partial charge in [-0.2, -0.15) is 0 Å². The van der Waals surface area contributed by atoms with Gasteiger partial charge >= 0.3 is 0 Å². The number of amides is 1. The first-order chi connectivity index (χ1) is 10.2. The van der Waals surface area contributed by atoms with Gasteiger partial charge in [-0.05, 0) is 47.9 Å². The molecule has 21 heavy (non-hydrogen) atoms. The van der Waals surface area contributed by atoms with Crippen molar-refractivity contribution in [3.8, 4) is 11.5 Å². The third-order valence-corrected chi connectivity index (χ3v) is 4.14. The van der Waals surface area contributed by atoms with E-state index in [9.17, 15) is 4.79 Å². The van der Waals surface area contributed by atoms with Crippen LogP contribution in [0.4, 0.5) is 5.69 Å². The Morgan fingerprint density at radius 2 is 1.90 bits per heavy atom. The second kappa shape index (κ2) is 5.87. The number of hydrogen-bond donors (Lipinski definition) is 2. The third kappa shape index (κ3) is 3.09. The van der Waals surface area contributed by atoms with Crippen LogP contribution in [0.25, 0.3) is 0 Å². The van der Waals surface area contributed by atoms with E-state index in [0.717, 1.165) is 33.5 Å². The van der Waals surface area contributed by atoms with E-state index in [1.165, 1.54) is 0 Å². The summed E-state index contributed by atoms with van der Waals surface area (Å²) in [6.07, 6.45) is 1.23. The Hall–Kier alpha value is -1.85. The summed E-state index contributed by atoms with van der Waals surface area (Å²) in [5, 5.41) is 12.0. The van der Waals surface area contributed by atoms with Crippen molar-refractivity contribution < 1.29 is 14.6 Å². The molecule has 0 spiro atoms. The van der Waals surface area contributed by atoms with Gasteiger partial charge in [0.05, 0.1) is 6.61 Å². The van der Waals surface area contributed by atoms with Crippen LogP contribution in [-0.4, -0.2) is 11.0 Å². The summed E-state index contributed by atoms with van der Waals surface area (Å²) in [6, 6.07) is 11.1. The van der Waals surface area contributed by atoms with Gasteiger partial charge in [0.1, 0.15) is 11.5 Å². The van der Waals surface area contributed by atoms with E-state index in [-0.39, 0.29) is 12.5 Å². The van der Waals surface area contributed by atoms with E-state index >= 15 is 0 Å². The van der Waals surface area contributed by atoms with E-state index in [2.05, 4.69) is 21.2 Å². The molecule has 2 aromatic carbocycles. The van der Waals surface area contributed by atoms with Gasteiger partial charge < -0.3 is 15.2 Å². The minimum atomic E-state index is -0.0145. The number of fused-ring (bicyclic) bond motifs is 1. The second-order valence-electron chi connectivity index (χ2n) is 4.88. The number of aliphatic hydroxyl groups excluding tert-OH is 1. The molecule has 0 bridgehead atoms. The summed E-state index contributed by atoms with van der Waals surface area (Å²) < 4.78 is 6.64. The van der Waals surface area contributed by atoms with Crippen LogP contribution in [0, 0.1) is 0 Å². The Balaban J connectivity index is 1.82. The molecule has 0 saturated carbocycles. The average Bonchev–Trinajstić information content (AvgIpc) is 2.48. The molecule has 1 heterocycles. The van der Waals surface area contributed by atoms with Gasteiger partial charge in [-0.1, -0.05) is 22.0 Å². The topological polar surface area (TPSA) is 58.6 Å². The molecule has 2 N–H and O–H groups in total. The Labute approximate surface area is 130 Å². The highest BCUT2D eigenvalue weighted by molar-refractivity contribution is 9.10. The molecule has 0 unspecified atom stereocenters. The Bertz CT molecular complexity index is 700. The largest absolute Gasteiger partial charge is 0.457 e. The summed E-state index contributed by atoms with van der Waals surface area (Å²) in [4.78, 5) is 11.3. The van der Waals surface area contributed by atoms with Gasteiger partial charge in [0.15, 0.2) is 0 Å². The van der Waals surface area contributed by atoms with Crippen molar-refractivity contribution in [3.05, 3.63) is 52.0 Å². The molecule has 0 aliphatic carbocycles. The number of halogens is 1. The summed E-state index contributed by atoms with van der Waals surface area (Å²) in [7, 11) is 0. The number of rotatable bonds is 3. The van der Waals surface area contributed by atoms with Crippen LogP contribution in [0.3, 0.4) is 0 Å². The Kier molecular flexibility index (Phi) is 3.94. The lowest BCUT2D eigenvalue weighted by Crippen LogP contribution is -2.18. The van der Waals surface area contributed by atoms with Crippen molar-refractivity contribution in [1.29, 1.82) is 0 Å². The number of aliphatic hydroxyl groups is 1. The normalized spacial score (nSPS) is 13.5. The van der Waals surface area contributed by atoms with Crippen LogP contribution < -0.4 is 10.1 Å². The lowest BCUT2D eigenvalue weighted by molar-refractivity contribution is -0.116. The van der Waals surface area contributed by atoms with E-state index in [4.69, 9.17) is 9.84 Å². The maximum absolute atomic E-state index is 11.3. The molecule has 1 aliphatic heterocycles. The maximum Gasteiger partial charge on any atom is 0.224 e. The van der Waals surface area contributed by atoms with Crippen molar-refractivity contribution in [1.82, 2.24) is 0 Å².